The summed E-state index contributed by atoms with van der Waals surface area (Å²) in [6.07, 6.45) is 3.85. The van der Waals surface area contributed by atoms with Crippen LogP contribution in [0.1, 0.15) is 26.7 Å². The lowest BCUT2D eigenvalue weighted by molar-refractivity contribution is -0.140. The number of ketones is 1. The normalized spacial score (nSPS) is 10.8. The van der Waals surface area contributed by atoms with Gasteiger partial charge in [-0.25, -0.2) is 4.79 Å². The zero-order valence-corrected chi connectivity index (χ0v) is 9.91. The first-order valence-electron chi connectivity index (χ1n) is 5.23. The molecule has 0 bridgehead atoms. The molecule has 0 aliphatic heterocycles. The summed E-state index contributed by atoms with van der Waals surface area (Å²) >= 11 is 0. The summed E-state index contributed by atoms with van der Waals surface area (Å²) in [6.45, 7) is 10.9. The Morgan fingerprint density at radius 3 is 2.38 bits per heavy atom. The first-order valence-corrected chi connectivity index (χ1v) is 5.23. The highest BCUT2D eigenvalue weighted by molar-refractivity contribution is 6.17. The predicted octanol–water partition coefficient (Wildman–Crippen LogP) is 2.59. The Balaban J connectivity index is 4.39. The van der Waals surface area contributed by atoms with E-state index in [4.69, 9.17) is 4.74 Å². The van der Waals surface area contributed by atoms with Crippen molar-refractivity contribution in [2.75, 3.05) is 6.61 Å². The molecule has 0 aromatic heterocycles. The third kappa shape index (κ3) is 4.73. The van der Waals surface area contributed by atoms with Crippen molar-refractivity contribution in [1.29, 1.82) is 0 Å². The summed E-state index contributed by atoms with van der Waals surface area (Å²) in [5, 5.41) is 0. The summed E-state index contributed by atoms with van der Waals surface area (Å²) < 4.78 is 4.78. The minimum absolute atomic E-state index is 0.110. The molecule has 0 radical (unpaired) electrons. The molecule has 0 aliphatic carbocycles. The lowest BCUT2D eigenvalue weighted by atomic mass is 10.0. The fraction of sp³-hybridized carbons (Fsp3) is 0.385. The molecule has 0 aromatic carbocycles. The molecular formula is C13H18O3. The number of carbonyl (C=O) groups is 2. The van der Waals surface area contributed by atoms with E-state index in [1.165, 1.54) is 6.08 Å². The van der Waals surface area contributed by atoms with Crippen LogP contribution < -0.4 is 0 Å². The van der Waals surface area contributed by atoms with Gasteiger partial charge < -0.3 is 4.74 Å². The number of hydrogen-bond acceptors (Lipinski definition) is 3. The highest BCUT2D eigenvalue weighted by Gasteiger charge is 2.17. The molecule has 0 aromatic rings. The lowest BCUT2D eigenvalue weighted by Gasteiger charge is -2.05. The first-order chi connectivity index (χ1) is 7.56. The van der Waals surface area contributed by atoms with Crippen molar-refractivity contribution < 1.29 is 14.3 Å². The van der Waals surface area contributed by atoms with E-state index in [2.05, 4.69) is 13.2 Å². The number of allylic oxidation sites excluding steroid dienone is 3. The molecule has 0 saturated carbocycles. The summed E-state index contributed by atoms with van der Waals surface area (Å²) in [4.78, 5) is 23.0. The Kier molecular flexibility index (Phi) is 6.84. The second-order valence-electron chi connectivity index (χ2n) is 3.21. The number of rotatable bonds is 7. The van der Waals surface area contributed by atoms with Gasteiger partial charge in [-0.1, -0.05) is 30.9 Å². The topological polar surface area (TPSA) is 43.4 Å². The summed E-state index contributed by atoms with van der Waals surface area (Å²) in [5.74, 6) is -0.775. The van der Waals surface area contributed by atoms with Gasteiger partial charge in [0, 0.05) is 6.42 Å². The molecule has 0 saturated heterocycles. The molecule has 0 aliphatic rings. The van der Waals surface area contributed by atoms with Crippen LogP contribution in [0.4, 0.5) is 0 Å². The quantitative estimate of drug-likeness (QED) is 0.219. The Hall–Kier alpha value is -1.64. The van der Waals surface area contributed by atoms with Crippen molar-refractivity contribution in [2.24, 2.45) is 0 Å². The van der Waals surface area contributed by atoms with Crippen LogP contribution >= 0.6 is 0 Å². The Morgan fingerprint density at radius 2 is 1.94 bits per heavy atom. The van der Waals surface area contributed by atoms with Crippen LogP contribution in [-0.4, -0.2) is 18.4 Å². The number of esters is 1. The number of Topliss-reactive ketones (excluding diaryl/α,β-unsaturated/α-hetero) is 1. The van der Waals surface area contributed by atoms with Gasteiger partial charge in [0.25, 0.3) is 0 Å². The van der Waals surface area contributed by atoms with Crippen molar-refractivity contribution in [2.45, 2.75) is 26.7 Å². The lowest BCUT2D eigenvalue weighted by Crippen LogP contribution is -2.15. The van der Waals surface area contributed by atoms with E-state index in [1.807, 2.05) is 0 Å². The van der Waals surface area contributed by atoms with Gasteiger partial charge in [-0.15, -0.1) is 0 Å². The largest absolute Gasteiger partial charge is 0.462 e. The van der Waals surface area contributed by atoms with E-state index in [1.54, 1.807) is 19.9 Å². The van der Waals surface area contributed by atoms with Gasteiger partial charge in [-0.3, -0.25) is 4.79 Å². The molecule has 0 rings (SSSR count). The second kappa shape index (κ2) is 7.63. The van der Waals surface area contributed by atoms with Crippen molar-refractivity contribution in [1.82, 2.24) is 0 Å². The van der Waals surface area contributed by atoms with Crippen LogP contribution in [0.15, 0.2) is 36.5 Å². The maximum atomic E-state index is 11.7. The Morgan fingerprint density at radius 1 is 1.31 bits per heavy atom. The number of carbonyl (C=O) groups excluding carboxylic acids is 2. The molecule has 0 heterocycles. The maximum absolute atomic E-state index is 11.7. The first kappa shape index (κ1) is 14.4. The fourth-order valence-electron chi connectivity index (χ4n) is 1.11. The van der Waals surface area contributed by atoms with E-state index >= 15 is 0 Å². The van der Waals surface area contributed by atoms with E-state index in [9.17, 15) is 9.59 Å². The van der Waals surface area contributed by atoms with Crippen molar-refractivity contribution >= 4 is 11.8 Å². The zero-order chi connectivity index (χ0) is 12.6. The van der Waals surface area contributed by atoms with E-state index in [0.717, 1.165) is 5.57 Å². The molecule has 0 spiro atoms. The van der Waals surface area contributed by atoms with Gasteiger partial charge in [0.05, 0.1) is 12.2 Å². The van der Waals surface area contributed by atoms with Crippen LogP contribution in [0.25, 0.3) is 0 Å². The molecule has 0 fully saturated rings. The molecule has 0 unspecified atom stereocenters. The monoisotopic (exact) mass is 222 g/mol. The summed E-state index contributed by atoms with van der Waals surface area (Å²) in [6, 6.07) is 0. The van der Waals surface area contributed by atoms with Crippen molar-refractivity contribution in [3.63, 3.8) is 0 Å². The molecule has 16 heavy (non-hydrogen) atoms. The smallest absolute Gasteiger partial charge is 0.341 e. The van der Waals surface area contributed by atoms with Gasteiger partial charge in [0.1, 0.15) is 0 Å². The minimum atomic E-state index is -0.556. The van der Waals surface area contributed by atoms with E-state index in [0.29, 0.717) is 6.42 Å². The van der Waals surface area contributed by atoms with Gasteiger partial charge in [-0.2, -0.15) is 0 Å². The third-order valence-electron chi connectivity index (χ3n) is 2.05. The average molecular weight is 222 g/mol. The highest BCUT2D eigenvalue weighted by atomic mass is 16.5. The van der Waals surface area contributed by atoms with Crippen LogP contribution in [0, 0.1) is 0 Å². The fourth-order valence-corrected chi connectivity index (χ4v) is 1.11. The highest BCUT2D eigenvalue weighted by Crippen LogP contribution is 2.09. The van der Waals surface area contributed by atoms with Crippen LogP contribution in [0.2, 0.25) is 0 Å². The summed E-state index contributed by atoms with van der Waals surface area (Å²) in [5.41, 5.74) is 0.895. The second-order valence-corrected chi connectivity index (χ2v) is 3.21. The average Bonchev–Trinajstić information content (AvgIpc) is 2.27. The molecule has 0 N–H and O–H groups in total. The minimum Gasteiger partial charge on any atom is -0.462 e. The standard InChI is InChI=1S/C13H18O3/c1-5-10(4)8-9-12(14)11(6-2)13(15)16-7-3/h5-6H,1,4,7-9H2,2-3H3. The predicted molar refractivity (Wildman–Crippen MR) is 64.0 cm³/mol. The Bertz CT molecular complexity index is 324. The molecule has 0 atom stereocenters. The van der Waals surface area contributed by atoms with Crippen molar-refractivity contribution in [3.8, 4) is 0 Å². The zero-order valence-electron chi connectivity index (χ0n) is 9.91. The summed E-state index contributed by atoms with van der Waals surface area (Å²) in [7, 11) is 0. The Labute approximate surface area is 96.5 Å². The molecule has 0 amide bonds. The SMILES string of the molecule is C=CC(=C)CCC(=O)C(=CC)C(=O)OCC. The van der Waals surface area contributed by atoms with Gasteiger partial charge in [0.15, 0.2) is 5.78 Å². The van der Waals surface area contributed by atoms with E-state index in [-0.39, 0.29) is 24.4 Å². The third-order valence-corrected chi connectivity index (χ3v) is 2.05. The van der Waals surface area contributed by atoms with Gasteiger partial charge in [-0.05, 0) is 20.3 Å². The molecule has 3 heteroatoms. The number of hydrogen-bond donors (Lipinski definition) is 0. The van der Waals surface area contributed by atoms with Crippen LogP contribution in [0.3, 0.4) is 0 Å². The number of ether oxygens (including phenoxy) is 1. The molecular weight excluding hydrogens is 204 g/mol. The van der Waals surface area contributed by atoms with Gasteiger partial charge in [0.2, 0.25) is 0 Å². The van der Waals surface area contributed by atoms with Crippen LogP contribution in [0.5, 0.6) is 0 Å². The molecule has 88 valence electrons. The van der Waals surface area contributed by atoms with E-state index < -0.39 is 5.97 Å². The van der Waals surface area contributed by atoms with Crippen molar-refractivity contribution in [3.05, 3.63) is 36.5 Å². The van der Waals surface area contributed by atoms with Crippen LogP contribution in [-0.2, 0) is 14.3 Å². The maximum Gasteiger partial charge on any atom is 0.341 e. The van der Waals surface area contributed by atoms with Gasteiger partial charge >= 0.3 is 5.97 Å². The molecule has 3 nitrogen and oxygen atoms in total.